The van der Waals surface area contributed by atoms with Crippen LogP contribution in [0.4, 0.5) is 0 Å². The molecular formula is C17H25N3O2. The molecule has 22 heavy (non-hydrogen) atoms. The van der Waals surface area contributed by atoms with Crippen molar-refractivity contribution in [1.82, 2.24) is 10.2 Å². The number of aliphatic imine (C=N–C) groups is 1. The van der Waals surface area contributed by atoms with Crippen molar-refractivity contribution in [3.8, 4) is 11.5 Å². The van der Waals surface area contributed by atoms with Crippen molar-refractivity contribution >= 4 is 5.96 Å². The molecule has 5 nitrogen and oxygen atoms in total. The van der Waals surface area contributed by atoms with Crippen LogP contribution in [0.25, 0.3) is 0 Å². The first-order chi connectivity index (χ1) is 10.7. The molecule has 2 rings (SSSR count). The van der Waals surface area contributed by atoms with Gasteiger partial charge in [0.05, 0.1) is 0 Å². The summed E-state index contributed by atoms with van der Waals surface area (Å²) in [5, 5.41) is 3.33. The molecule has 0 radical (unpaired) electrons. The van der Waals surface area contributed by atoms with Crippen LogP contribution in [0.3, 0.4) is 0 Å². The second-order valence-electron chi connectivity index (χ2n) is 5.14. The van der Waals surface area contributed by atoms with Crippen molar-refractivity contribution in [2.24, 2.45) is 4.99 Å². The molecule has 0 aromatic heterocycles. The zero-order valence-electron chi connectivity index (χ0n) is 13.6. The molecule has 0 amide bonds. The molecule has 5 heteroatoms. The lowest BCUT2D eigenvalue weighted by Gasteiger charge is -2.22. The maximum Gasteiger partial charge on any atom is 0.231 e. The van der Waals surface area contributed by atoms with Crippen LogP contribution >= 0.6 is 0 Å². The number of guanidine groups is 1. The van der Waals surface area contributed by atoms with E-state index in [1.54, 1.807) is 0 Å². The minimum absolute atomic E-state index is 0.309. The van der Waals surface area contributed by atoms with Crippen molar-refractivity contribution < 1.29 is 9.47 Å². The lowest BCUT2D eigenvalue weighted by atomic mass is 10.2. The molecule has 0 atom stereocenters. The van der Waals surface area contributed by atoms with Crippen LogP contribution in [0.1, 0.15) is 25.8 Å². The zero-order valence-corrected chi connectivity index (χ0v) is 13.6. The molecule has 0 saturated heterocycles. The third-order valence-electron chi connectivity index (χ3n) is 3.35. The van der Waals surface area contributed by atoms with Crippen LogP contribution in [0, 0.1) is 0 Å². The van der Waals surface area contributed by atoms with Gasteiger partial charge in [0.15, 0.2) is 17.5 Å². The number of benzene rings is 1. The fourth-order valence-corrected chi connectivity index (χ4v) is 2.27. The summed E-state index contributed by atoms with van der Waals surface area (Å²) in [5.74, 6) is 2.56. The lowest BCUT2D eigenvalue weighted by molar-refractivity contribution is 0.174. The summed E-state index contributed by atoms with van der Waals surface area (Å²) in [7, 11) is 2.04. The number of nitrogens with zero attached hydrogens (tertiary/aromatic N) is 2. The van der Waals surface area contributed by atoms with Gasteiger partial charge in [0.2, 0.25) is 6.79 Å². The van der Waals surface area contributed by atoms with Gasteiger partial charge in [0, 0.05) is 26.7 Å². The van der Waals surface area contributed by atoms with E-state index >= 15 is 0 Å². The van der Waals surface area contributed by atoms with Gasteiger partial charge in [-0.3, -0.25) is 4.99 Å². The number of rotatable bonds is 6. The summed E-state index contributed by atoms with van der Waals surface area (Å²) >= 11 is 0. The quantitative estimate of drug-likeness (QED) is 0.380. The van der Waals surface area contributed by atoms with Crippen molar-refractivity contribution in [2.75, 3.05) is 26.9 Å². The SMILES string of the molecule is C/C=C/CCN=C(NCC)N(C)Cc1ccc2c(c1)OCO2. The second kappa shape index (κ2) is 8.32. The van der Waals surface area contributed by atoms with Crippen molar-refractivity contribution in [1.29, 1.82) is 0 Å². The molecule has 1 N–H and O–H groups in total. The van der Waals surface area contributed by atoms with Crippen LogP contribution in [0.5, 0.6) is 11.5 Å². The maximum atomic E-state index is 5.43. The van der Waals surface area contributed by atoms with Crippen LogP contribution in [-0.2, 0) is 6.54 Å². The van der Waals surface area contributed by atoms with Gasteiger partial charge >= 0.3 is 0 Å². The average Bonchev–Trinajstić information content (AvgIpc) is 2.98. The number of nitrogens with one attached hydrogen (secondary N) is 1. The molecule has 1 aromatic carbocycles. The van der Waals surface area contributed by atoms with E-state index < -0.39 is 0 Å². The van der Waals surface area contributed by atoms with Gasteiger partial charge in [-0.1, -0.05) is 18.2 Å². The molecule has 0 aliphatic carbocycles. The Morgan fingerprint density at radius 3 is 2.95 bits per heavy atom. The Labute approximate surface area is 132 Å². The minimum atomic E-state index is 0.309. The molecule has 1 aromatic rings. The van der Waals surface area contributed by atoms with E-state index in [1.807, 2.05) is 26.1 Å². The number of allylic oxidation sites excluding steroid dienone is 1. The topological polar surface area (TPSA) is 46.1 Å². The highest BCUT2D eigenvalue weighted by Crippen LogP contribution is 2.32. The molecule has 1 heterocycles. The predicted molar refractivity (Wildman–Crippen MR) is 89.4 cm³/mol. The summed E-state index contributed by atoms with van der Waals surface area (Å²) < 4.78 is 10.8. The molecule has 0 fully saturated rings. The Morgan fingerprint density at radius 1 is 1.36 bits per heavy atom. The molecule has 0 saturated carbocycles. The van der Waals surface area contributed by atoms with Crippen LogP contribution in [0.2, 0.25) is 0 Å². The Bertz CT molecular complexity index is 541. The average molecular weight is 303 g/mol. The van der Waals surface area contributed by atoms with E-state index in [-0.39, 0.29) is 0 Å². The summed E-state index contributed by atoms with van der Waals surface area (Å²) in [6, 6.07) is 6.05. The molecule has 1 aliphatic heterocycles. The predicted octanol–water partition coefficient (Wildman–Crippen LogP) is 2.78. The van der Waals surface area contributed by atoms with E-state index in [0.717, 1.165) is 43.5 Å². The van der Waals surface area contributed by atoms with Gasteiger partial charge in [0.25, 0.3) is 0 Å². The van der Waals surface area contributed by atoms with Gasteiger partial charge in [-0.15, -0.1) is 0 Å². The molecular weight excluding hydrogens is 278 g/mol. The fourth-order valence-electron chi connectivity index (χ4n) is 2.27. The Morgan fingerprint density at radius 2 is 2.18 bits per heavy atom. The smallest absolute Gasteiger partial charge is 0.231 e. The second-order valence-corrected chi connectivity index (χ2v) is 5.14. The third kappa shape index (κ3) is 4.41. The number of ether oxygens (including phenoxy) is 2. The normalized spacial score (nSPS) is 13.7. The highest BCUT2D eigenvalue weighted by Gasteiger charge is 2.14. The highest BCUT2D eigenvalue weighted by atomic mass is 16.7. The maximum absolute atomic E-state index is 5.43. The zero-order chi connectivity index (χ0) is 15.8. The molecule has 0 spiro atoms. The standard InChI is InChI=1S/C17H25N3O2/c1-4-6-7-10-19-17(18-5-2)20(3)12-14-8-9-15-16(11-14)22-13-21-15/h4,6,8-9,11H,5,7,10,12-13H2,1-3H3,(H,18,19)/b6-4+. The van der Waals surface area contributed by atoms with Crippen LogP contribution in [-0.4, -0.2) is 37.8 Å². The number of hydrogen-bond acceptors (Lipinski definition) is 3. The van der Waals surface area contributed by atoms with Gasteiger partial charge in [-0.25, -0.2) is 0 Å². The summed E-state index contributed by atoms with van der Waals surface area (Å²) in [6.45, 7) is 6.83. The lowest BCUT2D eigenvalue weighted by Crippen LogP contribution is -2.38. The third-order valence-corrected chi connectivity index (χ3v) is 3.35. The van der Waals surface area contributed by atoms with Gasteiger partial charge in [-0.05, 0) is 38.0 Å². The molecule has 0 unspecified atom stereocenters. The highest BCUT2D eigenvalue weighted by molar-refractivity contribution is 5.79. The monoisotopic (exact) mass is 303 g/mol. The summed E-state index contributed by atoms with van der Waals surface area (Å²) in [5.41, 5.74) is 1.17. The largest absolute Gasteiger partial charge is 0.454 e. The first-order valence-corrected chi connectivity index (χ1v) is 7.73. The fraction of sp³-hybridized carbons (Fsp3) is 0.471. The number of hydrogen-bond donors (Lipinski definition) is 1. The molecule has 1 aliphatic rings. The summed E-state index contributed by atoms with van der Waals surface area (Å²) in [4.78, 5) is 6.77. The first-order valence-electron chi connectivity index (χ1n) is 7.73. The minimum Gasteiger partial charge on any atom is -0.454 e. The molecule has 0 bridgehead atoms. The summed E-state index contributed by atoms with van der Waals surface area (Å²) in [6.07, 6.45) is 5.15. The Balaban J connectivity index is 1.99. The van der Waals surface area contributed by atoms with E-state index in [9.17, 15) is 0 Å². The van der Waals surface area contributed by atoms with Crippen LogP contribution in [0.15, 0.2) is 35.3 Å². The first kappa shape index (κ1) is 16.2. The van der Waals surface area contributed by atoms with E-state index in [0.29, 0.717) is 6.79 Å². The van der Waals surface area contributed by atoms with Crippen molar-refractivity contribution in [3.05, 3.63) is 35.9 Å². The van der Waals surface area contributed by atoms with Crippen LogP contribution < -0.4 is 14.8 Å². The Hall–Kier alpha value is -2.17. The van der Waals surface area contributed by atoms with Gasteiger partial charge < -0.3 is 19.7 Å². The molecule has 120 valence electrons. The van der Waals surface area contributed by atoms with E-state index in [1.165, 1.54) is 5.56 Å². The van der Waals surface area contributed by atoms with Crippen molar-refractivity contribution in [2.45, 2.75) is 26.8 Å². The van der Waals surface area contributed by atoms with E-state index in [2.05, 4.69) is 40.4 Å². The van der Waals surface area contributed by atoms with Gasteiger partial charge in [-0.2, -0.15) is 0 Å². The Kier molecular flexibility index (Phi) is 6.13. The number of fused-ring (bicyclic) bond motifs is 1. The van der Waals surface area contributed by atoms with Gasteiger partial charge in [0.1, 0.15) is 0 Å². The van der Waals surface area contributed by atoms with E-state index in [4.69, 9.17) is 9.47 Å². The van der Waals surface area contributed by atoms with Crippen molar-refractivity contribution in [3.63, 3.8) is 0 Å².